The van der Waals surface area contributed by atoms with E-state index in [1.54, 1.807) is 73.0 Å². The van der Waals surface area contributed by atoms with Gasteiger partial charge in [0, 0.05) is 17.8 Å². The van der Waals surface area contributed by atoms with Crippen LogP contribution in [0.15, 0.2) is 64.4 Å². The van der Waals surface area contributed by atoms with Crippen molar-refractivity contribution in [3.63, 3.8) is 0 Å². The van der Waals surface area contributed by atoms with Crippen molar-refractivity contribution in [3.05, 3.63) is 82.7 Å². The van der Waals surface area contributed by atoms with Crippen LogP contribution in [0.5, 0.6) is 0 Å². The van der Waals surface area contributed by atoms with Gasteiger partial charge < -0.3 is 9.30 Å². The number of carbonyl (C=O) groups is 1. The van der Waals surface area contributed by atoms with Crippen molar-refractivity contribution in [1.82, 2.24) is 4.57 Å². The van der Waals surface area contributed by atoms with Gasteiger partial charge in [0.05, 0.1) is 22.0 Å². The second-order valence-electron chi connectivity index (χ2n) is 7.13. The third kappa shape index (κ3) is 4.39. The van der Waals surface area contributed by atoms with Gasteiger partial charge in [0.1, 0.15) is 12.6 Å². The van der Waals surface area contributed by atoms with Crippen LogP contribution in [-0.2, 0) is 32.3 Å². The molecule has 0 aliphatic heterocycles. The second-order valence-corrected chi connectivity index (χ2v) is 9.05. The Balaban J connectivity index is 2.07. The first-order valence-electron chi connectivity index (χ1n) is 9.93. The minimum atomic E-state index is -3.72. The fourth-order valence-corrected chi connectivity index (χ4v) is 5.23. The Morgan fingerprint density at radius 2 is 1.68 bits per heavy atom. The van der Waals surface area contributed by atoms with Gasteiger partial charge in [-0.05, 0) is 50.1 Å². The molecule has 0 amide bonds. The third-order valence-electron chi connectivity index (χ3n) is 5.30. The maximum atomic E-state index is 13.2. The minimum Gasteiger partial charge on any atom is -0.465 e. The SMILES string of the molecule is CCOC(=O)Cn1c(C)c(C#N)c(Cc2ccccc2S(=O)(=O)c2ccccc2)c1C. The number of nitrogens with zero attached hydrogens (tertiary/aromatic N) is 2. The monoisotopic (exact) mass is 436 g/mol. The predicted molar refractivity (Wildman–Crippen MR) is 116 cm³/mol. The average Bonchev–Trinajstić information content (AvgIpc) is 2.98. The van der Waals surface area contributed by atoms with Gasteiger partial charge in [0.25, 0.3) is 0 Å². The van der Waals surface area contributed by atoms with E-state index in [-0.39, 0.29) is 35.3 Å². The van der Waals surface area contributed by atoms with E-state index in [2.05, 4.69) is 6.07 Å². The number of sulfone groups is 1. The van der Waals surface area contributed by atoms with Crippen molar-refractivity contribution < 1.29 is 17.9 Å². The number of hydrogen-bond acceptors (Lipinski definition) is 5. The highest BCUT2D eigenvalue weighted by Crippen LogP contribution is 2.29. The number of aromatic nitrogens is 1. The van der Waals surface area contributed by atoms with Gasteiger partial charge in [-0.1, -0.05) is 36.4 Å². The van der Waals surface area contributed by atoms with E-state index >= 15 is 0 Å². The van der Waals surface area contributed by atoms with Crippen molar-refractivity contribution in [2.75, 3.05) is 6.61 Å². The maximum Gasteiger partial charge on any atom is 0.325 e. The van der Waals surface area contributed by atoms with Gasteiger partial charge in [-0.2, -0.15) is 5.26 Å². The summed E-state index contributed by atoms with van der Waals surface area (Å²) in [6.45, 7) is 5.63. The van der Waals surface area contributed by atoms with Gasteiger partial charge in [-0.15, -0.1) is 0 Å². The van der Waals surface area contributed by atoms with E-state index in [1.165, 1.54) is 0 Å². The van der Waals surface area contributed by atoms with Gasteiger partial charge in [-0.25, -0.2) is 8.42 Å². The lowest BCUT2D eigenvalue weighted by molar-refractivity contribution is -0.143. The van der Waals surface area contributed by atoms with E-state index in [4.69, 9.17) is 4.74 Å². The number of carbonyl (C=O) groups excluding carboxylic acids is 1. The number of esters is 1. The molecule has 7 heteroatoms. The Kier molecular flexibility index (Phi) is 6.62. The van der Waals surface area contributed by atoms with Crippen LogP contribution in [0.4, 0.5) is 0 Å². The highest BCUT2D eigenvalue weighted by molar-refractivity contribution is 7.91. The molecule has 0 bridgehead atoms. The molecule has 2 aromatic carbocycles. The molecule has 1 aromatic heterocycles. The zero-order chi connectivity index (χ0) is 22.6. The van der Waals surface area contributed by atoms with Crippen LogP contribution in [0.2, 0.25) is 0 Å². The van der Waals surface area contributed by atoms with E-state index in [0.29, 0.717) is 22.4 Å². The standard InChI is InChI=1S/C24H24N2O4S/c1-4-30-24(27)16-26-17(2)21(22(15-25)18(26)3)14-19-10-8-9-13-23(19)31(28,29)20-11-6-5-7-12-20/h5-13H,4,14,16H2,1-3H3. The molecule has 31 heavy (non-hydrogen) atoms. The third-order valence-corrected chi connectivity index (χ3v) is 7.17. The summed E-state index contributed by atoms with van der Waals surface area (Å²) in [6, 6.07) is 17.3. The summed E-state index contributed by atoms with van der Waals surface area (Å²) in [5.41, 5.74) is 3.16. The minimum absolute atomic E-state index is 0.00411. The summed E-state index contributed by atoms with van der Waals surface area (Å²) in [5.74, 6) is -0.383. The second kappa shape index (κ2) is 9.19. The van der Waals surface area contributed by atoms with Crippen molar-refractivity contribution in [2.24, 2.45) is 0 Å². The first kappa shape index (κ1) is 22.3. The van der Waals surface area contributed by atoms with Gasteiger partial charge in [0.15, 0.2) is 0 Å². The molecule has 1 heterocycles. The summed E-state index contributed by atoms with van der Waals surface area (Å²) in [5, 5.41) is 9.76. The topological polar surface area (TPSA) is 89.2 Å². The summed E-state index contributed by atoms with van der Waals surface area (Å²) < 4.78 is 33.3. The van der Waals surface area contributed by atoms with Crippen LogP contribution in [0, 0.1) is 25.2 Å². The Morgan fingerprint density at radius 3 is 2.32 bits per heavy atom. The van der Waals surface area contributed by atoms with E-state index < -0.39 is 9.84 Å². The lowest BCUT2D eigenvalue weighted by Gasteiger charge is -2.12. The summed E-state index contributed by atoms with van der Waals surface area (Å²) in [7, 11) is -3.72. The van der Waals surface area contributed by atoms with Crippen LogP contribution in [0.1, 0.15) is 35.0 Å². The van der Waals surface area contributed by atoms with E-state index in [1.807, 2.05) is 6.92 Å². The summed E-state index contributed by atoms with van der Waals surface area (Å²) in [4.78, 5) is 12.4. The molecule has 0 radical (unpaired) electrons. The molecule has 0 saturated heterocycles. The smallest absolute Gasteiger partial charge is 0.325 e. The van der Waals surface area contributed by atoms with E-state index in [9.17, 15) is 18.5 Å². The van der Waals surface area contributed by atoms with Crippen molar-refractivity contribution in [3.8, 4) is 6.07 Å². The first-order chi connectivity index (χ1) is 14.8. The molecule has 0 aliphatic rings. The molecular weight excluding hydrogens is 412 g/mol. The number of rotatable bonds is 7. The van der Waals surface area contributed by atoms with Crippen LogP contribution < -0.4 is 0 Å². The molecular formula is C24H24N2O4S. The predicted octanol–water partition coefficient (Wildman–Crippen LogP) is 3.96. The van der Waals surface area contributed by atoms with Gasteiger partial charge >= 0.3 is 5.97 Å². The molecule has 0 fully saturated rings. The number of nitriles is 1. The molecule has 3 aromatic rings. The highest BCUT2D eigenvalue weighted by Gasteiger charge is 2.24. The molecule has 0 atom stereocenters. The van der Waals surface area contributed by atoms with Gasteiger partial charge in [0.2, 0.25) is 9.84 Å². The molecule has 0 spiro atoms. The lowest BCUT2D eigenvalue weighted by atomic mass is 10.0. The fraction of sp³-hybridized carbons (Fsp3) is 0.250. The Morgan fingerprint density at radius 1 is 1.03 bits per heavy atom. The number of benzene rings is 2. The zero-order valence-electron chi connectivity index (χ0n) is 17.8. The molecule has 3 rings (SSSR count). The molecule has 0 N–H and O–H groups in total. The van der Waals surface area contributed by atoms with Crippen LogP contribution in [0.25, 0.3) is 0 Å². The lowest BCUT2D eigenvalue weighted by Crippen LogP contribution is -2.15. The van der Waals surface area contributed by atoms with Crippen molar-refractivity contribution >= 4 is 15.8 Å². The van der Waals surface area contributed by atoms with Crippen molar-refractivity contribution in [1.29, 1.82) is 5.26 Å². The summed E-state index contributed by atoms with van der Waals surface area (Å²) in [6.07, 6.45) is 0.258. The van der Waals surface area contributed by atoms with Crippen LogP contribution >= 0.6 is 0 Å². The van der Waals surface area contributed by atoms with Crippen LogP contribution in [-0.4, -0.2) is 25.6 Å². The molecule has 0 saturated carbocycles. The highest BCUT2D eigenvalue weighted by atomic mass is 32.2. The molecule has 160 valence electrons. The largest absolute Gasteiger partial charge is 0.465 e. The fourth-order valence-electron chi connectivity index (χ4n) is 3.72. The quantitative estimate of drug-likeness (QED) is 0.523. The Labute approximate surface area is 182 Å². The van der Waals surface area contributed by atoms with Crippen molar-refractivity contribution in [2.45, 2.75) is 43.5 Å². The first-order valence-corrected chi connectivity index (χ1v) is 11.4. The van der Waals surface area contributed by atoms with Crippen LogP contribution in [0.3, 0.4) is 0 Å². The Hall–Kier alpha value is -3.37. The number of hydrogen-bond donors (Lipinski definition) is 0. The molecule has 6 nitrogen and oxygen atoms in total. The molecule has 0 unspecified atom stereocenters. The molecule has 0 aliphatic carbocycles. The summed E-state index contributed by atoms with van der Waals surface area (Å²) >= 11 is 0. The normalized spacial score (nSPS) is 11.2. The van der Waals surface area contributed by atoms with Gasteiger partial charge in [-0.3, -0.25) is 4.79 Å². The van der Waals surface area contributed by atoms with E-state index in [0.717, 1.165) is 5.69 Å². The average molecular weight is 437 g/mol. The number of ether oxygens (including phenoxy) is 1. The Bertz CT molecular complexity index is 1250. The maximum absolute atomic E-state index is 13.2. The zero-order valence-corrected chi connectivity index (χ0v) is 18.6.